The summed E-state index contributed by atoms with van der Waals surface area (Å²) in [4.78, 5) is 29.1. The molecule has 2 heterocycles. The second kappa shape index (κ2) is 10.0. The number of benzene rings is 2. The maximum Gasteiger partial charge on any atom is 0.220 e. The zero-order valence-electron chi connectivity index (χ0n) is 20.3. The van der Waals surface area contributed by atoms with E-state index in [1.54, 1.807) is 6.92 Å². The van der Waals surface area contributed by atoms with Crippen molar-refractivity contribution < 1.29 is 9.59 Å². The zero-order chi connectivity index (χ0) is 24.2. The molecule has 5 nitrogen and oxygen atoms in total. The maximum absolute atomic E-state index is 12.5. The van der Waals surface area contributed by atoms with Crippen LogP contribution in [0.25, 0.3) is 28.0 Å². The van der Waals surface area contributed by atoms with Crippen LogP contribution in [0.5, 0.6) is 0 Å². The van der Waals surface area contributed by atoms with Crippen molar-refractivity contribution in [2.75, 3.05) is 0 Å². The van der Waals surface area contributed by atoms with Crippen LogP contribution in [-0.4, -0.2) is 27.1 Å². The SMILES string of the molecule is CCC(C)NC(=O)CCc1c(-c2ccc(C)cc2)nc2ccc(-c3ccc(C(C)=O)cc3)cn12. The fourth-order valence-corrected chi connectivity index (χ4v) is 4.02. The van der Waals surface area contributed by atoms with E-state index in [0.717, 1.165) is 40.1 Å². The van der Waals surface area contributed by atoms with Gasteiger partial charge in [-0.25, -0.2) is 4.98 Å². The zero-order valence-corrected chi connectivity index (χ0v) is 20.3. The van der Waals surface area contributed by atoms with Gasteiger partial charge in [0.2, 0.25) is 5.91 Å². The highest BCUT2D eigenvalue weighted by molar-refractivity contribution is 5.94. The van der Waals surface area contributed by atoms with Crippen molar-refractivity contribution in [3.05, 3.63) is 83.7 Å². The highest BCUT2D eigenvalue weighted by atomic mass is 16.1. The third kappa shape index (κ3) is 5.09. The number of Topliss-reactive ketones (excluding diaryl/α,β-unsaturated/α-hetero) is 1. The number of pyridine rings is 1. The van der Waals surface area contributed by atoms with Crippen LogP contribution in [0.1, 0.15) is 55.2 Å². The molecule has 1 amide bonds. The summed E-state index contributed by atoms with van der Waals surface area (Å²) in [7, 11) is 0. The van der Waals surface area contributed by atoms with Gasteiger partial charge >= 0.3 is 0 Å². The van der Waals surface area contributed by atoms with Crippen molar-refractivity contribution in [1.29, 1.82) is 0 Å². The first-order chi connectivity index (χ1) is 16.4. The number of nitrogens with one attached hydrogen (secondary N) is 1. The van der Waals surface area contributed by atoms with Gasteiger partial charge in [0, 0.05) is 29.8 Å². The van der Waals surface area contributed by atoms with E-state index in [2.05, 4.69) is 54.0 Å². The van der Waals surface area contributed by atoms with Crippen molar-refractivity contribution in [2.45, 2.75) is 53.0 Å². The molecule has 4 aromatic rings. The van der Waals surface area contributed by atoms with E-state index in [0.29, 0.717) is 18.4 Å². The number of carbonyl (C=O) groups is 2. The van der Waals surface area contributed by atoms with Gasteiger partial charge in [-0.05, 0) is 56.9 Å². The lowest BCUT2D eigenvalue weighted by molar-refractivity contribution is -0.121. The fourth-order valence-electron chi connectivity index (χ4n) is 4.02. The normalized spacial score (nSPS) is 12.0. The summed E-state index contributed by atoms with van der Waals surface area (Å²) in [5.41, 5.74) is 7.75. The Hall–Kier alpha value is -3.73. The molecule has 1 unspecified atom stereocenters. The number of hydrogen-bond acceptors (Lipinski definition) is 3. The minimum Gasteiger partial charge on any atom is -0.354 e. The van der Waals surface area contributed by atoms with Gasteiger partial charge in [0.25, 0.3) is 0 Å². The standard InChI is InChI=1S/C29H31N3O2/c1-5-20(3)30-28(34)17-15-26-29(24-8-6-19(2)7-9-24)31-27-16-14-25(18-32(26)27)23-12-10-22(11-13-23)21(4)33/h6-14,16,18,20H,5,15,17H2,1-4H3,(H,30,34). The van der Waals surface area contributed by atoms with Gasteiger partial charge in [-0.15, -0.1) is 0 Å². The molecular weight excluding hydrogens is 422 g/mol. The lowest BCUT2D eigenvalue weighted by Gasteiger charge is -2.12. The molecule has 2 aromatic heterocycles. The summed E-state index contributed by atoms with van der Waals surface area (Å²) >= 11 is 0. The lowest BCUT2D eigenvalue weighted by atomic mass is 10.0. The van der Waals surface area contributed by atoms with Gasteiger partial charge in [0.1, 0.15) is 5.65 Å². The third-order valence-electron chi connectivity index (χ3n) is 6.28. The number of fused-ring (bicyclic) bond motifs is 1. The van der Waals surface area contributed by atoms with Crippen LogP contribution in [0, 0.1) is 6.92 Å². The van der Waals surface area contributed by atoms with Gasteiger partial charge in [-0.2, -0.15) is 0 Å². The third-order valence-corrected chi connectivity index (χ3v) is 6.28. The van der Waals surface area contributed by atoms with E-state index in [9.17, 15) is 9.59 Å². The number of aryl methyl sites for hydroxylation is 2. The van der Waals surface area contributed by atoms with Crippen molar-refractivity contribution in [2.24, 2.45) is 0 Å². The van der Waals surface area contributed by atoms with Crippen LogP contribution in [0.3, 0.4) is 0 Å². The first-order valence-corrected chi connectivity index (χ1v) is 11.8. The summed E-state index contributed by atoms with van der Waals surface area (Å²) in [6, 6.07) is 20.2. The Morgan fingerprint density at radius 2 is 1.59 bits per heavy atom. The summed E-state index contributed by atoms with van der Waals surface area (Å²) in [6.07, 6.45) is 3.96. The molecule has 0 radical (unpaired) electrons. The maximum atomic E-state index is 12.5. The van der Waals surface area contributed by atoms with Crippen LogP contribution >= 0.6 is 0 Å². The minimum absolute atomic E-state index is 0.0510. The molecule has 34 heavy (non-hydrogen) atoms. The molecule has 0 spiro atoms. The fraction of sp³-hybridized carbons (Fsp3) is 0.276. The highest BCUT2D eigenvalue weighted by Gasteiger charge is 2.17. The summed E-state index contributed by atoms with van der Waals surface area (Å²) in [5, 5.41) is 3.06. The number of amides is 1. The average molecular weight is 454 g/mol. The van der Waals surface area contributed by atoms with Gasteiger partial charge in [0.15, 0.2) is 5.78 Å². The monoisotopic (exact) mass is 453 g/mol. The molecular formula is C29H31N3O2. The number of hydrogen-bond donors (Lipinski definition) is 1. The van der Waals surface area contributed by atoms with Crippen molar-refractivity contribution >= 4 is 17.3 Å². The Balaban J connectivity index is 1.74. The number of rotatable bonds is 8. The second-order valence-electron chi connectivity index (χ2n) is 8.93. The summed E-state index contributed by atoms with van der Waals surface area (Å²) in [5.74, 6) is 0.104. The molecule has 5 heteroatoms. The lowest BCUT2D eigenvalue weighted by Crippen LogP contribution is -2.32. The van der Waals surface area contributed by atoms with Crippen molar-refractivity contribution in [1.82, 2.24) is 14.7 Å². The van der Waals surface area contributed by atoms with Gasteiger partial charge in [-0.3, -0.25) is 9.59 Å². The number of nitrogens with zero attached hydrogens (tertiary/aromatic N) is 2. The Labute approximate surface area is 200 Å². The molecule has 2 aromatic carbocycles. The topological polar surface area (TPSA) is 63.5 Å². The van der Waals surface area contributed by atoms with E-state index in [-0.39, 0.29) is 17.7 Å². The summed E-state index contributed by atoms with van der Waals surface area (Å²) in [6.45, 7) is 7.73. The molecule has 0 aliphatic rings. The molecule has 0 bridgehead atoms. The molecule has 0 fully saturated rings. The molecule has 4 rings (SSSR count). The van der Waals surface area contributed by atoms with Crippen LogP contribution in [0.2, 0.25) is 0 Å². The average Bonchev–Trinajstić information content (AvgIpc) is 3.20. The Morgan fingerprint density at radius 1 is 0.941 bits per heavy atom. The van der Waals surface area contributed by atoms with Gasteiger partial charge in [-0.1, -0.05) is 61.0 Å². The number of aromatic nitrogens is 2. The first kappa shape index (κ1) is 23.4. The van der Waals surface area contributed by atoms with Crippen LogP contribution < -0.4 is 5.32 Å². The molecule has 0 aliphatic heterocycles. The van der Waals surface area contributed by atoms with E-state index in [1.165, 1.54) is 5.56 Å². The quantitative estimate of drug-likeness (QED) is 0.332. The van der Waals surface area contributed by atoms with E-state index < -0.39 is 0 Å². The highest BCUT2D eigenvalue weighted by Crippen LogP contribution is 2.29. The number of imidazole rings is 1. The Kier molecular flexibility index (Phi) is 6.92. The van der Waals surface area contributed by atoms with Crippen LogP contribution in [-0.2, 0) is 11.2 Å². The molecule has 174 valence electrons. The van der Waals surface area contributed by atoms with Gasteiger partial charge in [0.05, 0.1) is 11.4 Å². The molecule has 1 N–H and O–H groups in total. The molecule has 1 atom stereocenters. The largest absolute Gasteiger partial charge is 0.354 e. The Morgan fingerprint density at radius 3 is 2.24 bits per heavy atom. The molecule has 0 aliphatic carbocycles. The van der Waals surface area contributed by atoms with E-state index in [1.807, 2.05) is 43.3 Å². The van der Waals surface area contributed by atoms with E-state index >= 15 is 0 Å². The smallest absolute Gasteiger partial charge is 0.220 e. The predicted octanol–water partition coefficient (Wildman–Crippen LogP) is 6.03. The van der Waals surface area contributed by atoms with Crippen molar-refractivity contribution in [3.8, 4) is 22.4 Å². The summed E-state index contributed by atoms with van der Waals surface area (Å²) < 4.78 is 2.10. The van der Waals surface area contributed by atoms with Crippen LogP contribution in [0.4, 0.5) is 0 Å². The van der Waals surface area contributed by atoms with Crippen molar-refractivity contribution in [3.63, 3.8) is 0 Å². The number of ketones is 1. The first-order valence-electron chi connectivity index (χ1n) is 11.8. The van der Waals surface area contributed by atoms with Crippen LogP contribution in [0.15, 0.2) is 66.9 Å². The molecule has 0 saturated heterocycles. The van der Waals surface area contributed by atoms with Gasteiger partial charge < -0.3 is 9.72 Å². The predicted molar refractivity (Wildman–Crippen MR) is 137 cm³/mol. The second-order valence-corrected chi connectivity index (χ2v) is 8.93. The molecule has 0 saturated carbocycles. The Bertz CT molecular complexity index is 1320. The minimum atomic E-state index is 0.0510. The number of carbonyl (C=O) groups excluding carboxylic acids is 2. The van der Waals surface area contributed by atoms with E-state index in [4.69, 9.17) is 4.98 Å².